The van der Waals surface area contributed by atoms with Crippen molar-refractivity contribution >= 4 is 0 Å². The van der Waals surface area contributed by atoms with Crippen LogP contribution in [0.1, 0.15) is 51.9 Å². The molecule has 2 nitrogen and oxygen atoms in total. The van der Waals surface area contributed by atoms with Gasteiger partial charge >= 0.3 is 0 Å². The van der Waals surface area contributed by atoms with E-state index in [0.717, 1.165) is 12.5 Å². The zero-order valence-electron chi connectivity index (χ0n) is 10.5. The van der Waals surface area contributed by atoms with Gasteiger partial charge in [0.1, 0.15) is 0 Å². The number of hydrogen-bond acceptors (Lipinski definition) is 2. The summed E-state index contributed by atoms with van der Waals surface area (Å²) in [7, 11) is 2.25. The minimum Gasteiger partial charge on any atom is -0.329 e. The normalized spacial score (nSPS) is 20.8. The summed E-state index contributed by atoms with van der Waals surface area (Å²) in [4.78, 5) is 2.50. The Kier molecular flexibility index (Phi) is 6.26. The highest BCUT2D eigenvalue weighted by atomic mass is 15.1. The fourth-order valence-corrected chi connectivity index (χ4v) is 2.78. The van der Waals surface area contributed by atoms with E-state index in [9.17, 15) is 0 Å². The molecule has 1 rings (SSSR count). The van der Waals surface area contributed by atoms with Gasteiger partial charge in [0.2, 0.25) is 0 Å². The zero-order chi connectivity index (χ0) is 11.1. The molecule has 90 valence electrons. The van der Waals surface area contributed by atoms with E-state index < -0.39 is 0 Å². The molecule has 0 aliphatic heterocycles. The average Bonchev–Trinajstić information content (AvgIpc) is 2.27. The first-order valence-corrected chi connectivity index (χ1v) is 6.68. The van der Waals surface area contributed by atoms with Gasteiger partial charge in [-0.2, -0.15) is 0 Å². The molecule has 0 spiro atoms. The summed E-state index contributed by atoms with van der Waals surface area (Å²) in [6.45, 7) is 4.33. The Morgan fingerprint density at radius 3 is 2.47 bits per heavy atom. The summed E-state index contributed by atoms with van der Waals surface area (Å²) >= 11 is 0. The van der Waals surface area contributed by atoms with Crippen LogP contribution in [-0.2, 0) is 0 Å². The van der Waals surface area contributed by atoms with Gasteiger partial charge < -0.3 is 10.6 Å². The number of nitrogens with zero attached hydrogens (tertiary/aromatic N) is 1. The fraction of sp³-hybridized carbons (Fsp3) is 1.00. The fourth-order valence-electron chi connectivity index (χ4n) is 2.78. The van der Waals surface area contributed by atoms with E-state index >= 15 is 0 Å². The minimum absolute atomic E-state index is 0.608. The molecular weight excluding hydrogens is 184 g/mol. The molecule has 0 aromatic carbocycles. The zero-order valence-corrected chi connectivity index (χ0v) is 10.5. The molecule has 1 unspecified atom stereocenters. The molecule has 0 aromatic rings. The summed E-state index contributed by atoms with van der Waals surface area (Å²) in [5, 5.41) is 0. The number of likely N-dealkylation sites (N-methyl/N-ethyl adjacent to an activating group) is 1. The van der Waals surface area contributed by atoms with Gasteiger partial charge in [-0.15, -0.1) is 0 Å². The quantitative estimate of drug-likeness (QED) is 0.733. The molecule has 1 atom stereocenters. The SMILES string of the molecule is CCCC(CN)N(C)CC1CCCCC1. The summed E-state index contributed by atoms with van der Waals surface area (Å²) in [6, 6.07) is 0.608. The molecule has 15 heavy (non-hydrogen) atoms. The molecule has 0 saturated heterocycles. The van der Waals surface area contributed by atoms with Crippen molar-refractivity contribution in [1.82, 2.24) is 4.90 Å². The Morgan fingerprint density at radius 1 is 1.27 bits per heavy atom. The van der Waals surface area contributed by atoms with Crippen molar-refractivity contribution in [2.45, 2.75) is 57.9 Å². The molecule has 1 saturated carbocycles. The van der Waals surface area contributed by atoms with Crippen LogP contribution in [-0.4, -0.2) is 31.1 Å². The molecule has 0 amide bonds. The predicted octanol–water partition coefficient (Wildman–Crippen LogP) is 2.63. The molecular formula is C13H28N2. The van der Waals surface area contributed by atoms with E-state index in [4.69, 9.17) is 5.73 Å². The van der Waals surface area contributed by atoms with Crippen LogP contribution in [0.4, 0.5) is 0 Å². The summed E-state index contributed by atoms with van der Waals surface area (Å²) in [5.41, 5.74) is 5.82. The van der Waals surface area contributed by atoms with Gasteiger partial charge in [-0.25, -0.2) is 0 Å². The van der Waals surface area contributed by atoms with Crippen LogP contribution in [0.15, 0.2) is 0 Å². The molecule has 0 radical (unpaired) electrons. The summed E-state index contributed by atoms with van der Waals surface area (Å²) in [5.74, 6) is 0.939. The van der Waals surface area contributed by atoms with E-state index in [0.29, 0.717) is 6.04 Å². The summed E-state index contributed by atoms with van der Waals surface area (Å²) in [6.07, 6.45) is 9.72. The number of rotatable bonds is 6. The first-order chi connectivity index (χ1) is 7.27. The molecule has 2 N–H and O–H groups in total. The Bertz CT molecular complexity index is 153. The topological polar surface area (TPSA) is 29.3 Å². The Hall–Kier alpha value is -0.0800. The van der Waals surface area contributed by atoms with E-state index in [1.54, 1.807) is 0 Å². The van der Waals surface area contributed by atoms with Crippen LogP contribution < -0.4 is 5.73 Å². The van der Waals surface area contributed by atoms with Crippen molar-refractivity contribution in [3.05, 3.63) is 0 Å². The van der Waals surface area contributed by atoms with Gasteiger partial charge in [0.15, 0.2) is 0 Å². The van der Waals surface area contributed by atoms with Crippen molar-refractivity contribution in [1.29, 1.82) is 0 Å². The summed E-state index contributed by atoms with van der Waals surface area (Å²) < 4.78 is 0. The van der Waals surface area contributed by atoms with E-state index in [2.05, 4.69) is 18.9 Å². The van der Waals surface area contributed by atoms with E-state index in [1.807, 2.05) is 0 Å². The van der Waals surface area contributed by atoms with Crippen LogP contribution in [0.2, 0.25) is 0 Å². The van der Waals surface area contributed by atoms with E-state index in [1.165, 1.54) is 51.5 Å². The molecule has 0 aromatic heterocycles. The van der Waals surface area contributed by atoms with Gasteiger partial charge in [-0.1, -0.05) is 32.6 Å². The lowest BCUT2D eigenvalue weighted by Gasteiger charge is -2.32. The largest absolute Gasteiger partial charge is 0.329 e. The van der Waals surface area contributed by atoms with Crippen LogP contribution in [0.25, 0.3) is 0 Å². The minimum atomic E-state index is 0.608. The third-order valence-corrected chi connectivity index (χ3v) is 3.79. The third kappa shape index (κ3) is 4.52. The highest BCUT2D eigenvalue weighted by Gasteiger charge is 2.19. The smallest absolute Gasteiger partial charge is 0.0215 e. The lowest BCUT2D eigenvalue weighted by molar-refractivity contribution is 0.177. The molecule has 0 heterocycles. The Labute approximate surface area is 95.2 Å². The van der Waals surface area contributed by atoms with Crippen molar-refractivity contribution < 1.29 is 0 Å². The average molecular weight is 212 g/mol. The molecule has 1 aliphatic rings. The van der Waals surface area contributed by atoms with Crippen molar-refractivity contribution in [2.75, 3.05) is 20.1 Å². The van der Waals surface area contributed by atoms with E-state index in [-0.39, 0.29) is 0 Å². The van der Waals surface area contributed by atoms with Crippen molar-refractivity contribution in [3.63, 3.8) is 0 Å². The van der Waals surface area contributed by atoms with Crippen LogP contribution in [0.3, 0.4) is 0 Å². The second-order valence-corrected chi connectivity index (χ2v) is 5.12. The second kappa shape index (κ2) is 7.24. The lowest BCUT2D eigenvalue weighted by atomic mass is 9.88. The highest BCUT2D eigenvalue weighted by Crippen LogP contribution is 2.24. The van der Waals surface area contributed by atoms with Gasteiger partial charge in [0.25, 0.3) is 0 Å². The molecule has 2 heteroatoms. The maximum absolute atomic E-state index is 5.82. The van der Waals surface area contributed by atoms with Gasteiger partial charge in [0.05, 0.1) is 0 Å². The Morgan fingerprint density at radius 2 is 1.93 bits per heavy atom. The Balaban J connectivity index is 2.27. The second-order valence-electron chi connectivity index (χ2n) is 5.12. The van der Waals surface area contributed by atoms with Crippen LogP contribution in [0, 0.1) is 5.92 Å². The maximum atomic E-state index is 5.82. The van der Waals surface area contributed by atoms with Crippen molar-refractivity contribution in [3.8, 4) is 0 Å². The predicted molar refractivity (Wildman–Crippen MR) is 67.0 cm³/mol. The lowest BCUT2D eigenvalue weighted by Crippen LogP contribution is -2.40. The van der Waals surface area contributed by atoms with Crippen LogP contribution in [0.5, 0.6) is 0 Å². The molecule has 1 fully saturated rings. The number of hydrogen-bond donors (Lipinski definition) is 1. The van der Waals surface area contributed by atoms with Crippen LogP contribution >= 0.6 is 0 Å². The van der Waals surface area contributed by atoms with Gasteiger partial charge in [0, 0.05) is 19.1 Å². The van der Waals surface area contributed by atoms with Gasteiger partial charge in [-0.05, 0) is 32.2 Å². The monoisotopic (exact) mass is 212 g/mol. The maximum Gasteiger partial charge on any atom is 0.0215 e. The first-order valence-electron chi connectivity index (χ1n) is 6.68. The molecule has 1 aliphatic carbocycles. The standard InChI is InChI=1S/C13H28N2/c1-3-7-13(10-14)15(2)11-12-8-5-4-6-9-12/h12-13H,3-11,14H2,1-2H3. The third-order valence-electron chi connectivity index (χ3n) is 3.79. The van der Waals surface area contributed by atoms with Crippen molar-refractivity contribution in [2.24, 2.45) is 11.7 Å². The highest BCUT2D eigenvalue weighted by molar-refractivity contribution is 4.74. The number of nitrogens with two attached hydrogens (primary N) is 1. The first kappa shape index (κ1) is 13.0. The molecule has 0 bridgehead atoms. The van der Waals surface area contributed by atoms with Gasteiger partial charge in [-0.3, -0.25) is 0 Å².